The van der Waals surface area contributed by atoms with Gasteiger partial charge in [-0.3, -0.25) is 10.1 Å². The Morgan fingerprint density at radius 3 is 2.64 bits per heavy atom. The molecule has 0 aliphatic carbocycles. The molecule has 0 bridgehead atoms. The van der Waals surface area contributed by atoms with E-state index in [4.69, 9.17) is 16.7 Å². The van der Waals surface area contributed by atoms with E-state index in [2.05, 4.69) is 4.98 Å². The maximum absolute atomic E-state index is 12.2. The summed E-state index contributed by atoms with van der Waals surface area (Å²) in [4.78, 5) is 12.4. The molecular weight excluding hydrogens is 222 g/mol. The maximum atomic E-state index is 12.2. The van der Waals surface area contributed by atoms with E-state index in [1.54, 1.807) is 0 Å². The van der Waals surface area contributed by atoms with Crippen molar-refractivity contribution < 1.29 is 18.8 Å². The van der Waals surface area contributed by atoms with Gasteiger partial charge in [-0.1, -0.05) is 11.6 Å². The number of rotatable bonds is 2. The van der Waals surface area contributed by atoms with Gasteiger partial charge in [-0.15, -0.1) is 0 Å². The minimum atomic E-state index is -3.09. The molecule has 76 valence electrons. The highest BCUT2D eigenvalue weighted by Crippen LogP contribution is 2.38. The summed E-state index contributed by atoms with van der Waals surface area (Å²) in [5.41, 5.74) is -2.07. The van der Waals surface area contributed by atoms with Crippen LogP contribution >= 0.6 is 11.6 Å². The van der Waals surface area contributed by atoms with Gasteiger partial charge < -0.3 is 5.11 Å². The van der Waals surface area contributed by atoms with Gasteiger partial charge in [-0.25, -0.2) is 13.8 Å². The third-order valence-corrected chi connectivity index (χ3v) is 1.70. The van der Waals surface area contributed by atoms with Crippen LogP contribution < -0.4 is 0 Å². The van der Waals surface area contributed by atoms with Crippen molar-refractivity contribution in [3.63, 3.8) is 0 Å². The van der Waals surface area contributed by atoms with Gasteiger partial charge >= 0.3 is 5.69 Å². The van der Waals surface area contributed by atoms with E-state index in [1.165, 1.54) is 0 Å². The van der Waals surface area contributed by atoms with Crippen LogP contribution in [0.25, 0.3) is 0 Å². The number of aromatic nitrogens is 1. The van der Waals surface area contributed by atoms with Crippen molar-refractivity contribution in [2.24, 2.45) is 0 Å². The molecule has 5 nitrogen and oxygen atoms in total. The van der Waals surface area contributed by atoms with Gasteiger partial charge in [0.15, 0.2) is 5.15 Å². The number of hydrogen-bond donors (Lipinski definition) is 1. The summed E-state index contributed by atoms with van der Waals surface area (Å²) in [7, 11) is 0. The van der Waals surface area contributed by atoms with Gasteiger partial charge in [0, 0.05) is 6.20 Å². The summed E-state index contributed by atoms with van der Waals surface area (Å²) in [5, 5.41) is 18.8. The lowest BCUT2D eigenvalue weighted by Gasteiger charge is -2.03. The normalized spacial score (nSPS) is 10.6. The van der Waals surface area contributed by atoms with E-state index in [0.717, 1.165) is 0 Å². The van der Waals surface area contributed by atoms with Gasteiger partial charge in [0.2, 0.25) is 5.75 Å². The van der Waals surface area contributed by atoms with Crippen LogP contribution in [-0.4, -0.2) is 15.0 Å². The van der Waals surface area contributed by atoms with E-state index >= 15 is 0 Å². The zero-order chi connectivity index (χ0) is 10.9. The van der Waals surface area contributed by atoms with E-state index in [9.17, 15) is 18.9 Å². The Kier molecular flexibility index (Phi) is 2.80. The Bertz CT molecular complexity index is 386. The van der Waals surface area contributed by atoms with Crippen molar-refractivity contribution in [1.82, 2.24) is 4.98 Å². The Balaban J connectivity index is 3.45. The third kappa shape index (κ3) is 1.72. The molecule has 8 heteroatoms. The van der Waals surface area contributed by atoms with E-state index in [-0.39, 0.29) is 0 Å². The number of alkyl halides is 2. The summed E-state index contributed by atoms with van der Waals surface area (Å²) in [5.74, 6) is -1.05. The molecule has 1 rings (SSSR count). The molecule has 1 heterocycles. The van der Waals surface area contributed by atoms with Gasteiger partial charge in [0.1, 0.15) is 5.56 Å². The zero-order valence-electron chi connectivity index (χ0n) is 6.45. The Morgan fingerprint density at radius 1 is 1.64 bits per heavy atom. The average Bonchev–Trinajstić information content (AvgIpc) is 2.08. The van der Waals surface area contributed by atoms with Crippen LogP contribution in [0.4, 0.5) is 14.5 Å². The summed E-state index contributed by atoms with van der Waals surface area (Å²) in [6, 6.07) is 0. The molecule has 0 fully saturated rings. The number of halogens is 3. The SMILES string of the molecule is O=[N+]([O-])c1c(C(F)F)cnc(Cl)c1O. The van der Waals surface area contributed by atoms with Crippen molar-refractivity contribution >= 4 is 17.3 Å². The van der Waals surface area contributed by atoms with Crippen molar-refractivity contribution in [2.75, 3.05) is 0 Å². The zero-order valence-corrected chi connectivity index (χ0v) is 7.20. The molecule has 0 radical (unpaired) electrons. The van der Waals surface area contributed by atoms with Crippen molar-refractivity contribution in [2.45, 2.75) is 6.43 Å². The van der Waals surface area contributed by atoms with Gasteiger partial charge in [-0.05, 0) is 0 Å². The maximum Gasteiger partial charge on any atom is 0.324 e. The fraction of sp³-hybridized carbons (Fsp3) is 0.167. The average molecular weight is 225 g/mol. The second-order valence-electron chi connectivity index (χ2n) is 2.26. The summed E-state index contributed by atoms with van der Waals surface area (Å²) in [6.07, 6.45) is -2.53. The molecular formula is C6H3ClF2N2O3. The van der Waals surface area contributed by atoms with Crippen LogP contribution in [0.1, 0.15) is 12.0 Å². The fourth-order valence-corrected chi connectivity index (χ4v) is 0.973. The molecule has 0 spiro atoms. The smallest absolute Gasteiger partial charge is 0.324 e. The quantitative estimate of drug-likeness (QED) is 0.475. The van der Waals surface area contributed by atoms with Crippen LogP contribution in [0.5, 0.6) is 5.75 Å². The predicted octanol–water partition coefficient (Wildman–Crippen LogP) is 2.29. The summed E-state index contributed by atoms with van der Waals surface area (Å²) >= 11 is 5.22. The second kappa shape index (κ2) is 3.70. The molecule has 1 N–H and O–H groups in total. The fourth-order valence-electron chi connectivity index (χ4n) is 0.834. The summed E-state index contributed by atoms with van der Waals surface area (Å²) in [6.45, 7) is 0. The number of nitro groups is 1. The lowest BCUT2D eigenvalue weighted by Crippen LogP contribution is -1.98. The number of hydrogen-bond acceptors (Lipinski definition) is 4. The largest absolute Gasteiger partial charge is 0.500 e. The highest BCUT2D eigenvalue weighted by Gasteiger charge is 2.28. The van der Waals surface area contributed by atoms with Crippen LogP contribution in [-0.2, 0) is 0 Å². The minimum absolute atomic E-state index is 0.560. The first-order chi connectivity index (χ1) is 6.45. The second-order valence-corrected chi connectivity index (χ2v) is 2.62. The van der Waals surface area contributed by atoms with Crippen LogP contribution in [0, 0.1) is 10.1 Å². The highest BCUT2D eigenvalue weighted by molar-refractivity contribution is 6.31. The first-order valence-corrected chi connectivity index (χ1v) is 3.62. The Hall–Kier alpha value is -1.50. The molecule has 0 saturated carbocycles. The van der Waals surface area contributed by atoms with E-state index in [0.29, 0.717) is 6.20 Å². The lowest BCUT2D eigenvalue weighted by molar-refractivity contribution is -0.387. The Labute approximate surface area is 81.1 Å². The molecule has 0 atom stereocenters. The number of nitrogens with zero attached hydrogens (tertiary/aromatic N) is 2. The van der Waals surface area contributed by atoms with Crippen molar-refractivity contribution in [1.29, 1.82) is 0 Å². The molecule has 0 aliphatic rings. The molecule has 0 aromatic carbocycles. The lowest BCUT2D eigenvalue weighted by atomic mass is 10.2. The molecule has 0 aliphatic heterocycles. The van der Waals surface area contributed by atoms with Crippen LogP contribution in [0.3, 0.4) is 0 Å². The van der Waals surface area contributed by atoms with Gasteiger partial charge in [-0.2, -0.15) is 0 Å². The molecule has 1 aromatic rings. The van der Waals surface area contributed by atoms with Crippen molar-refractivity contribution in [3.05, 3.63) is 27.0 Å². The first-order valence-electron chi connectivity index (χ1n) is 3.25. The predicted molar refractivity (Wildman–Crippen MR) is 42.5 cm³/mol. The Morgan fingerprint density at radius 2 is 2.21 bits per heavy atom. The van der Waals surface area contributed by atoms with Gasteiger partial charge in [0.25, 0.3) is 6.43 Å². The topological polar surface area (TPSA) is 76.3 Å². The molecule has 0 amide bonds. The minimum Gasteiger partial charge on any atom is -0.500 e. The van der Waals surface area contributed by atoms with Crippen molar-refractivity contribution in [3.8, 4) is 5.75 Å². The van der Waals surface area contributed by atoms with Gasteiger partial charge in [0.05, 0.1) is 4.92 Å². The van der Waals surface area contributed by atoms with E-state index < -0.39 is 33.5 Å². The number of aromatic hydroxyl groups is 1. The standard InChI is InChI=1S/C6H3ClF2N2O3/c7-5-4(12)3(11(13)14)2(1-10-5)6(8)9/h1,6,12H. The highest BCUT2D eigenvalue weighted by atomic mass is 35.5. The molecule has 14 heavy (non-hydrogen) atoms. The van der Waals surface area contributed by atoms with E-state index in [1.807, 2.05) is 0 Å². The third-order valence-electron chi connectivity index (χ3n) is 1.43. The molecule has 0 unspecified atom stereocenters. The summed E-state index contributed by atoms with van der Waals surface area (Å²) < 4.78 is 24.4. The molecule has 1 aromatic heterocycles. The van der Waals surface area contributed by atoms with Crippen LogP contribution in [0.2, 0.25) is 5.15 Å². The monoisotopic (exact) mass is 224 g/mol. The number of pyridine rings is 1. The van der Waals surface area contributed by atoms with Crippen LogP contribution in [0.15, 0.2) is 6.20 Å². The molecule has 0 saturated heterocycles. The first kappa shape index (κ1) is 10.6.